The molecule has 1 atom stereocenters. The Labute approximate surface area is 158 Å². The van der Waals surface area contributed by atoms with E-state index in [1.807, 2.05) is 24.3 Å². The lowest BCUT2D eigenvalue weighted by molar-refractivity contribution is 0.0484. The van der Waals surface area contributed by atoms with Crippen LogP contribution in [0.15, 0.2) is 40.8 Å². The van der Waals surface area contributed by atoms with Crippen molar-refractivity contribution in [3.63, 3.8) is 0 Å². The Bertz CT molecular complexity index is 705. The van der Waals surface area contributed by atoms with E-state index in [0.29, 0.717) is 13.2 Å². The van der Waals surface area contributed by atoms with E-state index in [0.717, 1.165) is 30.4 Å². The zero-order valence-corrected chi connectivity index (χ0v) is 15.6. The average molecular weight is 385 g/mol. The predicted molar refractivity (Wildman–Crippen MR) is 99.4 cm³/mol. The van der Waals surface area contributed by atoms with Crippen LogP contribution < -0.4 is 5.32 Å². The van der Waals surface area contributed by atoms with Crippen LogP contribution in [-0.2, 0) is 11.3 Å². The minimum Gasteiger partial charge on any atom is -0.460 e. The topological polar surface area (TPSA) is 54.7 Å². The van der Waals surface area contributed by atoms with E-state index in [1.165, 1.54) is 5.56 Å². The Balaban J connectivity index is 0.00000225. The number of carbonyl (C=O) groups excluding carboxylic acids is 1. The Morgan fingerprint density at radius 2 is 2.24 bits per heavy atom. The van der Waals surface area contributed by atoms with Gasteiger partial charge < -0.3 is 14.5 Å². The van der Waals surface area contributed by atoms with Crippen LogP contribution in [0.5, 0.6) is 0 Å². The summed E-state index contributed by atoms with van der Waals surface area (Å²) in [6.45, 7) is 5.42. The highest BCUT2D eigenvalue weighted by molar-refractivity contribution is 6.30. The van der Waals surface area contributed by atoms with Crippen molar-refractivity contribution in [2.75, 3.05) is 26.2 Å². The summed E-state index contributed by atoms with van der Waals surface area (Å²) in [5.41, 5.74) is 1.17. The van der Waals surface area contributed by atoms with Gasteiger partial charge in [0.25, 0.3) is 0 Å². The molecule has 1 aromatic carbocycles. The summed E-state index contributed by atoms with van der Waals surface area (Å²) in [6, 6.07) is 11.7. The molecule has 0 aliphatic carbocycles. The van der Waals surface area contributed by atoms with Gasteiger partial charge >= 0.3 is 5.97 Å². The normalized spacial score (nSPS) is 17.8. The number of esters is 1. The predicted octanol–water partition coefficient (Wildman–Crippen LogP) is 3.68. The first-order chi connectivity index (χ1) is 11.7. The fourth-order valence-corrected chi connectivity index (χ4v) is 3.15. The number of rotatable bonds is 5. The van der Waals surface area contributed by atoms with Gasteiger partial charge in [-0.2, -0.15) is 0 Å². The molecule has 2 aromatic rings. The van der Waals surface area contributed by atoms with Gasteiger partial charge in [-0.25, -0.2) is 4.79 Å². The molecule has 1 aromatic heterocycles. The van der Waals surface area contributed by atoms with Crippen LogP contribution in [0.1, 0.15) is 34.8 Å². The SMILES string of the molecule is CCOC(=O)c1ccc(CN2CCNCC2c2cccc(Cl)c2)o1.Cl. The van der Waals surface area contributed by atoms with E-state index >= 15 is 0 Å². The lowest BCUT2D eigenvalue weighted by atomic mass is 10.0. The second-order valence-corrected chi connectivity index (χ2v) is 6.17. The zero-order valence-electron chi connectivity index (χ0n) is 14.0. The molecular weight excluding hydrogens is 363 g/mol. The molecule has 1 aliphatic heterocycles. The van der Waals surface area contributed by atoms with E-state index in [2.05, 4.69) is 16.3 Å². The van der Waals surface area contributed by atoms with Gasteiger partial charge in [0.1, 0.15) is 5.76 Å². The van der Waals surface area contributed by atoms with Crippen molar-refractivity contribution in [2.24, 2.45) is 0 Å². The van der Waals surface area contributed by atoms with Gasteiger partial charge in [-0.15, -0.1) is 12.4 Å². The van der Waals surface area contributed by atoms with E-state index in [-0.39, 0.29) is 24.2 Å². The number of halogens is 2. The number of nitrogens with zero attached hydrogens (tertiary/aromatic N) is 1. The number of ether oxygens (including phenoxy) is 1. The quantitative estimate of drug-likeness (QED) is 0.796. The molecule has 5 nitrogen and oxygen atoms in total. The standard InChI is InChI=1S/C18H21ClN2O3.ClH/c1-2-23-18(22)17-7-6-15(24-17)12-21-9-8-20-11-16(21)13-4-3-5-14(19)10-13;/h3-7,10,16,20H,2,8-9,11-12H2,1H3;1H. The molecule has 0 amide bonds. The monoisotopic (exact) mass is 384 g/mol. The second-order valence-electron chi connectivity index (χ2n) is 5.73. The molecule has 0 saturated carbocycles. The lowest BCUT2D eigenvalue weighted by Gasteiger charge is -2.36. The molecule has 0 bridgehead atoms. The van der Waals surface area contributed by atoms with Crippen LogP contribution in [0.4, 0.5) is 0 Å². The van der Waals surface area contributed by atoms with Gasteiger partial charge in [-0.3, -0.25) is 4.90 Å². The van der Waals surface area contributed by atoms with Crippen LogP contribution >= 0.6 is 24.0 Å². The first-order valence-corrected chi connectivity index (χ1v) is 8.51. The lowest BCUT2D eigenvalue weighted by Crippen LogP contribution is -2.45. The number of hydrogen-bond donors (Lipinski definition) is 1. The van der Waals surface area contributed by atoms with E-state index in [1.54, 1.807) is 13.0 Å². The van der Waals surface area contributed by atoms with Crippen molar-refractivity contribution in [2.45, 2.75) is 19.5 Å². The van der Waals surface area contributed by atoms with E-state index in [9.17, 15) is 4.79 Å². The molecule has 7 heteroatoms. The number of carbonyl (C=O) groups is 1. The molecule has 0 radical (unpaired) electrons. The van der Waals surface area contributed by atoms with Crippen molar-refractivity contribution in [3.8, 4) is 0 Å². The Morgan fingerprint density at radius 3 is 3.00 bits per heavy atom. The van der Waals surface area contributed by atoms with Gasteiger partial charge in [0.2, 0.25) is 5.76 Å². The maximum atomic E-state index is 11.7. The highest BCUT2D eigenvalue weighted by Crippen LogP contribution is 2.26. The highest BCUT2D eigenvalue weighted by Gasteiger charge is 2.25. The Hall–Kier alpha value is -1.53. The molecule has 2 heterocycles. The van der Waals surface area contributed by atoms with Gasteiger partial charge in [0.05, 0.1) is 13.2 Å². The fraction of sp³-hybridized carbons (Fsp3) is 0.389. The molecular formula is C18H22Cl2N2O3. The Kier molecular flexibility index (Phi) is 7.32. The van der Waals surface area contributed by atoms with Crippen molar-refractivity contribution in [1.82, 2.24) is 10.2 Å². The molecule has 1 N–H and O–H groups in total. The first kappa shape index (κ1) is 19.8. The molecule has 3 rings (SSSR count). The Morgan fingerprint density at radius 1 is 1.40 bits per heavy atom. The largest absolute Gasteiger partial charge is 0.460 e. The summed E-state index contributed by atoms with van der Waals surface area (Å²) in [5.74, 6) is 0.587. The van der Waals surface area contributed by atoms with Crippen LogP contribution in [-0.4, -0.2) is 37.1 Å². The van der Waals surface area contributed by atoms with Crippen LogP contribution in [0, 0.1) is 0 Å². The summed E-state index contributed by atoms with van der Waals surface area (Å²) in [6.07, 6.45) is 0. The van der Waals surface area contributed by atoms with Crippen molar-refractivity contribution >= 4 is 30.0 Å². The molecule has 136 valence electrons. The minimum absolute atomic E-state index is 0. The molecule has 1 aliphatic rings. The number of hydrogen-bond acceptors (Lipinski definition) is 5. The summed E-state index contributed by atoms with van der Waals surface area (Å²) in [5, 5.41) is 4.16. The maximum Gasteiger partial charge on any atom is 0.374 e. The third kappa shape index (κ3) is 4.98. The van der Waals surface area contributed by atoms with Gasteiger partial charge in [0.15, 0.2) is 0 Å². The summed E-state index contributed by atoms with van der Waals surface area (Å²) in [7, 11) is 0. The van der Waals surface area contributed by atoms with Crippen molar-refractivity contribution in [1.29, 1.82) is 0 Å². The molecule has 25 heavy (non-hydrogen) atoms. The van der Waals surface area contributed by atoms with Crippen molar-refractivity contribution < 1.29 is 13.9 Å². The third-order valence-electron chi connectivity index (χ3n) is 4.08. The van der Waals surface area contributed by atoms with Gasteiger partial charge in [0, 0.05) is 30.7 Å². The number of piperazine rings is 1. The smallest absolute Gasteiger partial charge is 0.374 e. The van der Waals surface area contributed by atoms with E-state index in [4.69, 9.17) is 20.8 Å². The highest BCUT2D eigenvalue weighted by atomic mass is 35.5. The fourth-order valence-electron chi connectivity index (χ4n) is 2.95. The zero-order chi connectivity index (χ0) is 16.9. The third-order valence-corrected chi connectivity index (χ3v) is 4.32. The molecule has 1 saturated heterocycles. The molecule has 1 fully saturated rings. The van der Waals surface area contributed by atoms with Crippen LogP contribution in [0.25, 0.3) is 0 Å². The minimum atomic E-state index is -0.421. The maximum absolute atomic E-state index is 11.7. The van der Waals surface area contributed by atoms with E-state index < -0.39 is 5.97 Å². The number of benzene rings is 1. The summed E-state index contributed by atoms with van der Waals surface area (Å²) in [4.78, 5) is 14.0. The molecule has 1 unspecified atom stereocenters. The molecule has 0 spiro atoms. The van der Waals surface area contributed by atoms with Gasteiger partial charge in [-0.05, 0) is 36.8 Å². The number of furan rings is 1. The summed E-state index contributed by atoms with van der Waals surface area (Å²) < 4.78 is 10.6. The average Bonchev–Trinajstić information content (AvgIpc) is 3.04. The van der Waals surface area contributed by atoms with Gasteiger partial charge in [-0.1, -0.05) is 23.7 Å². The van der Waals surface area contributed by atoms with Crippen molar-refractivity contribution in [3.05, 3.63) is 58.5 Å². The van der Waals surface area contributed by atoms with Crippen LogP contribution in [0.3, 0.4) is 0 Å². The van der Waals surface area contributed by atoms with Crippen LogP contribution in [0.2, 0.25) is 5.02 Å². The first-order valence-electron chi connectivity index (χ1n) is 8.13. The summed E-state index contributed by atoms with van der Waals surface area (Å²) >= 11 is 6.13. The second kappa shape index (κ2) is 9.25. The number of nitrogens with one attached hydrogen (secondary N) is 1.